The van der Waals surface area contributed by atoms with Crippen LogP contribution in [0, 0.1) is 0 Å². The van der Waals surface area contributed by atoms with Crippen LogP contribution in [0.1, 0.15) is 10.4 Å². The fraction of sp³-hybridized carbons (Fsp3) is 0. The largest absolute Gasteiger partial charge is 0.383 e. The van der Waals surface area contributed by atoms with Gasteiger partial charge in [0.05, 0.1) is 5.56 Å². The first-order valence-electron chi connectivity index (χ1n) is 4.17. The molecule has 2 rings (SSSR count). The number of hydrogen-bond acceptors (Lipinski definition) is 3. The highest BCUT2D eigenvalue weighted by Crippen LogP contribution is 2.22. The van der Waals surface area contributed by atoms with Crippen LogP contribution in [-0.4, -0.2) is 16.5 Å². The van der Waals surface area contributed by atoms with Gasteiger partial charge in [0.2, 0.25) is 0 Å². The first kappa shape index (κ1) is 8.50. The van der Waals surface area contributed by atoms with Crippen molar-refractivity contribution in [3.8, 4) is 11.3 Å². The summed E-state index contributed by atoms with van der Waals surface area (Å²) in [6.45, 7) is 0. The van der Waals surface area contributed by atoms with Crippen LogP contribution in [0.2, 0.25) is 0 Å². The van der Waals surface area contributed by atoms with Gasteiger partial charge in [-0.15, -0.1) is 0 Å². The molecule has 0 amide bonds. The van der Waals surface area contributed by atoms with Crippen molar-refractivity contribution in [2.75, 3.05) is 5.73 Å². The van der Waals surface area contributed by atoms with Gasteiger partial charge in [-0.2, -0.15) is 5.10 Å². The van der Waals surface area contributed by atoms with Crippen molar-refractivity contribution in [3.05, 3.63) is 35.9 Å². The Morgan fingerprint density at radius 1 is 1.29 bits per heavy atom. The summed E-state index contributed by atoms with van der Waals surface area (Å²) in [5.41, 5.74) is 7.43. The number of carbonyl (C=O) groups excluding carboxylic acids is 1. The molecule has 14 heavy (non-hydrogen) atoms. The molecule has 0 radical (unpaired) electrons. The first-order valence-corrected chi connectivity index (χ1v) is 4.17. The molecule has 0 spiro atoms. The lowest BCUT2D eigenvalue weighted by Crippen LogP contribution is -1.90. The molecule has 1 heterocycles. The Kier molecular flexibility index (Phi) is 2.02. The van der Waals surface area contributed by atoms with E-state index in [1.54, 1.807) is 0 Å². The minimum absolute atomic E-state index is 0.304. The second kappa shape index (κ2) is 3.33. The number of H-pyrrole nitrogens is 1. The fourth-order valence-corrected chi connectivity index (χ4v) is 1.30. The van der Waals surface area contributed by atoms with Crippen LogP contribution >= 0.6 is 0 Å². The highest BCUT2D eigenvalue weighted by atomic mass is 16.1. The van der Waals surface area contributed by atoms with Crippen LogP contribution in [0.15, 0.2) is 30.3 Å². The van der Waals surface area contributed by atoms with Crippen molar-refractivity contribution in [1.82, 2.24) is 10.2 Å². The zero-order chi connectivity index (χ0) is 9.97. The third kappa shape index (κ3) is 1.26. The van der Waals surface area contributed by atoms with Crippen LogP contribution in [0.25, 0.3) is 11.3 Å². The van der Waals surface area contributed by atoms with E-state index in [-0.39, 0.29) is 0 Å². The zero-order valence-corrected chi connectivity index (χ0v) is 7.40. The molecule has 0 aliphatic carbocycles. The number of nitrogens with zero attached hydrogens (tertiary/aromatic N) is 1. The Bertz CT molecular complexity index is 448. The average Bonchev–Trinajstić information content (AvgIpc) is 2.61. The van der Waals surface area contributed by atoms with Gasteiger partial charge in [-0.05, 0) is 0 Å². The summed E-state index contributed by atoms with van der Waals surface area (Å²) in [6.07, 6.45) is 0.709. The van der Waals surface area contributed by atoms with Crippen LogP contribution in [0.3, 0.4) is 0 Å². The molecule has 0 saturated heterocycles. The van der Waals surface area contributed by atoms with Crippen LogP contribution in [0.5, 0.6) is 0 Å². The molecule has 0 atom stereocenters. The van der Waals surface area contributed by atoms with Crippen molar-refractivity contribution >= 4 is 12.1 Å². The molecule has 2 aromatic rings. The smallest absolute Gasteiger partial charge is 0.156 e. The second-order valence-electron chi connectivity index (χ2n) is 2.88. The van der Waals surface area contributed by atoms with Crippen molar-refractivity contribution in [2.24, 2.45) is 0 Å². The molecule has 0 aliphatic heterocycles. The molecular weight excluding hydrogens is 178 g/mol. The maximum atomic E-state index is 10.7. The van der Waals surface area contributed by atoms with E-state index in [0.29, 0.717) is 23.4 Å². The summed E-state index contributed by atoms with van der Waals surface area (Å²) in [6, 6.07) is 9.43. The summed E-state index contributed by atoms with van der Waals surface area (Å²) in [7, 11) is 0. The van der Waals surface area contributed by atoms with Crippen molar-refractivity contribution in [1.29, 1.82) is 0 Å². The Labute approximate surface area is 80.8 Å². The number of aromatic amines is 1. The molecule has 4 nitrogen and oxygen atoms in total. The number of nitrogen functional groups attached to an aromatic ring is 1. The van der Waals surface area contributed by atoms with Crippen LogP contribution in [-0.2, 0) is 0 Å². The number of benzene rings is 1. The molecule has 70 valence electrons. The summed E-state index contributed by atoms with van der Waals surface area (Å²) in [5, 5.41) is 6.56. The maximum Gasteiger partial charge on any atom is 0.156 e. The minimum atomic E-state index is 0.304. The summed E-state index contributed by atoms with van der Waals surface area (Å²) in [4.78, 5) is 10.7. The molecule has 4 heteroatoms. The second-order valence-corrected chi connectivity index (χ2v) is 2.88. The lowest BCUT2D eigenvalue weighted by Gasteiger charge is -1.95. The van der Waals surface area contributed by atoms with Gasteiger partial charge in [0.1, 0.15) is 11.5 Å². The first-order chi connectivity index (χ1) is 6.83. The van der Waals surface area contributed by atoms with Gasteiger partial charge < -0.3 is 5.73 Å². The van der Waals surface area contributed by atoms with Gasteiger partial charge in [0.25, 0.3) is 0 Å². The number of aldehydes is 1. The number of rotatable bonds is 2. The normalized spacial score (nSPS) is 10.0. The highest BCUT2D eigenvalue weighted by Gasteiger charge is 2.10. The SMILES string of the molecule is Nc1[nH]nc(-c2ccccc2)c1C=O. The van der Waals surface area contributed by atoms with E-state index in [0.717, 1.165) is 5.56 Å². The number of nitrogens with two attached hydrogens (primary N) is 1. The molecular formula is C10H9N3O. The van der Waals surface area contributed by atoms with Crippen molar-refractivity contribution in [2.45, 2.75) is 0 Å². The minimum Gasteiger partial charge on any atom is -0.383 e. The van der Waals surface area contributed by atoms with E-state index in [4.69, 9.17) is 5.73 Å². The average molecular weight is 187 g/mol. The van der Waals surface area contributed by atoms with E-state index in [9.17, 15) is 4.79 Å². The predicted octanol–water partition coefficient (Wildman–Crippen LogP) is 1.47. The van der Waals surface area contributed by atoms with Gasteiger partial charge >= 0.3 is 0 Å². The zero-order valence-electron chi connectivity index (χ0n) is 7.40. The van der Waals surface area contributed by atoms with E-state index >= 15 is 0 Å². The Balaban J connectivity index is 2.57. The number of hydrogen-bond donors (Lipinski definition) is 2. The lowest BCUT2D eigenvalue weighted by atomic mass is 10.1. The van der Waals surface area contributed by atoms with E-state index in [1.165, 1.54) is 0 Å². The van der Waals surface area contributed by atoms with E-state index < -0.39 is 0 Å². The van der Waals surface area contributed by atoms with Gasteiger partial charge in [0.15, 0.2) is 6.29 Å². The molecule has 0 fully saturated rings. The summed E-state index contributed by atoms with van der Waals surface area (Å²) < 4.78 is 0. The number of nitrogens with one attached hydrogen (secondary N) is 1. The monoisotopic (exact) mass is 187 g/mol. The third-order valence-corrected chi connectivity index (χ3v) is 2.00. The Morgan fingerprint density at radius 2 is 2.00 bits per heavy atom. The van der Waals surface area contributed by atoms with E-state index in [1.807, 2.05) is 30.3 Å². The summed E-state index contributed by atoms with van der Waals surface area (Å²) in [5.74, 6) is 0.304. The Hall–Kier alpha value is -2.10. The predicted molar refractivity (Wildman–Crippen MR) is 53.8 cm³/mol. The topological polar surface area (TPSA) is 71.8 Å². The number of anilines is 1. The van der Waals surface area contributed by atoms with Crippen molar-refractivity contribution < 1.29 is 4.79 Å². The molecule has 0 unspecified atom stereocenters. The fourth-order valence-electron chi connectivity index (χ4n) is 1.30. The molecule has 0 bridgehead atoms. The Morgan fingerprint density at radius 3 is 2.64 bits per heavy atom. The lowest BCUT2D eigenvalue weighted by molar-refractivity contribution is 0.112. The molecule has 1 aromatic heterocycles. The van der Waals surface area contributed by atoms with Gasteiger partial charge in [0, 0.05) is 5.56 Å². The van der Waals surface area contributed by atoms with Gasteiger partial charge in [-0.25, -0.2) is 0 Å². The molecule has 0 saturated carbocycles. The van der Waals surface area contributed by atoms with Crippen LogP contribution < -0.4 is 5.73 Å². The van der Waals surface area contributed by atoms with E-state index in [2.05, 4.69) is 10.2 Å². The number of carbonyl (C=O) groups is 1. The maximum absolute atomic E-state index is 10.7. The molecule has 3 N–H and O–H groups in total. The van der Waals surface area contributed by atoms with Gasteiger partial charge in [-0.3, -0.25) is 9.89 Å². The number of aromatic nitrogens is 2. The molecule has 1 aromatic carbocycles. The van der Waals surface area contributed by atoms with Crippen molar-refractivity contribution in [3.63, 3.8) is 0 Å². The highest BCUT2D eigenvalue weighted by molar-refractivity contribution is 5.91. The molecule has 0 aliphatic rings. The third-order valence-electron chi connectivity index (χ3n) is 2.00. The quantitative estimate of drug-likeness (QED) is 0.699. The standard InChI is InChI=1S/C10H9N3O/c11-10-8(6-14)9(12-13-10)7-4-2-1-3-5-7/h1-6H,(H3,11,12,13). The van der Waals surface area contributed by atoms with Gasteiger partial charge in [-0.1, -0.05) is 30.3 Å². The van der Waals surface area contributed by atoms with Crippen LogP contribution in [0.4, 0.5) is 5.82 Å². The summed E-state index contributed by atoms with van der Waals surface area (Å²) >= 11 is 0.